The first-order chi connectivity index (χ1) is 8.65. The molecule has 5 heteroatoms. The average molecular weight is 244 g/mol. The predicted octanol–water partition coefficient (Wildman–Crippen LogP) is 1.23. The fourth-order valence-corrected chi connectivity index (χ4v) is 1.60. The van der Waals surface area contributed by atoms with Crippen molar-refractivity contribution in [2.24, 2.45) is 5.73 Å². The SMILES string of the molecule is Cc1ccc(NC(=O)[C@@H](N)Cc2cnc[nH]2)cc1. The van der Waals surface area contributed by atoms with Gasteiger partial charge in [-0.3, -0.25) is 4.79 Å². The van der Waals surface area contributed by atoms with Crippen LogP contribution >= 0.6 is 0 Å². The zero-order valence-electron chi connectivity index (χ0n) is 10.2. The molecule has 0 fully saturated rings. The molecule has 1 aromatic heterocycles. The maximum atomic E-state index is 11.9. The minimum Gasteiger partial charge on any atom is -0.348 e. The van der Waals surface area contributed by atoms with E-state index in [4.69, 9.17) is 5.73 Å². The van der Waals surface area contributed by atoms with Gasteiger partial charge in [-0.25, -0.2) is 4.98 Å². The summed E-state index contributed by atoms with van der Waals surface area (Å²) in [5.74, 6) is -0.201. The van der Waals surface area contributed by atoms with Crippen LogP contribution in [-0.4, -0.2) is 21.9 Å². The van der Waals surface area contributed by atoms with E-state index in [1.165, 1.54) is 0 Å². The molecule has 1 atom stereocenters. The molecule has 0 spiro atoms. The minimum atomic E-state index is -0.591. The highest BCUT2D eigenvalue weighted by Crippen LogP contribution is 2.09. The van der Waals surface area contributed by atoms with Crippen LogP contribution in [0, 0.1) is 6.92 Å². The monoisotopic (exact) mass is 244 g/mol. The molecule has 1 amide bonds. The number of carbonyl (C=O) groups excluding carboxylic acids is 1. The number of benzene rings is 1. The van der Waals surface area contributed by atoms with E-state index in [1.54, 1.807) is 12.5 Å². The molecule has 4 N–H and O–H groups in total. The van der Waals surface area contributed by atoms with E-state index < -0.39 is 6.04 Å². The molecule has 5 nitrogen and oxygen atoms in total. The zero-order valence-corrected chi connectivity index (χ0v) is 10.2. The second-order valence-electron chi connectivity index (χ2n) is 4.24. The number of carbonyl (C=O) groups is 1. The lowest BCUT2D eigenvalue weighted by Crippen LogP contribution is -2.37. The number of amides is 1. The highest BCUT2D eigenvalue weighted by Gasteiger charge is 2.14. The molecule has 0 saturated heterocycles. The number of hydrogen-bond donors (Lipinski definition) is 3. The van der Waals surface area contributed by atoms with Gasteiger partial charge in [0.05, 0.1) is 12.4 Å². The molecule has 94 valence electrons. The molecule has 0 aliphatic rings. The first-order valence-electron chi connectivity index (χ1n) is 5.75. The van der Waals surface area contributed by atoms with Crippen LogP contribution in [0.2, 0.25) is 0 Å². The second kappa shape index (κ2) is 5.46. The number of nitrogens with two attached hydrogens (primary N) is 1. The minimum absolute atomic E-state index is 0.201. The number of aryl methyl sites for hydroxylation is 1. The van der Waals surface area contributed by atoms with Gasteiger partial charge in [0.1, 0.15) is 0 Å². The van der Waals surface area contributed by atoms with Gasteiger partial charge in [0.2, 0.25) is 5.91 Å². The first-order valence-corrected chi connectivity index (χ1v) is 5.75. The van der Waals surface area contributed by atoms with Crippen molar-refractivity contribution in [3.05, 3.63) is 48.0 Å². The number of rotatable bonds is 4. The summed E-state index contributed by atoms with van der Waals surface area (Å²) in [5, 5.41) is 2.78. The Kier molecular flexibility index (Phi) is 3.74. The lowest BCUT2D eigenvalue weighted by Gasteiger charge is -2.11. The van der Waals surface area contributed by atoms with Gasteiger partial charge < -0.3 is 16.0 Å². The van der Waals surface area contributed by atoms with Gasteiger partial charge in [-0.2, -0.15) is 0 Å². The largest absolute Gasteiger partial charge is 0.348 e. The van der Waals surface area contributed by atoms with Crippen molar-refractivity contribution in [1.29, 1.82) is 0 Å². The fourth-order valence-electron chi connectivity index (χ4n) is 1.60. The van der Waals surface area contributed by atoms with E-state index in [2.05, 4.69) is 15.3 Å². The van der Waals surface area contributed by atoms with Crippen LogP contribution in [0.25, 0.3) is 0 Å². The Morgan fingerprint density at radius 1 is 1.44 bits per heavy atom. The van der Waals surface area contributed by atoms with Crippen LogP contribution < -0.4 is 11.1 Å². The fraction of sp³-hybridized carbons (Fsp3) is 0.231. The number of imidazole rings is 1. The van der Waals surface area contributed by atoms with Gasteiger partial charge in [0.15, 0.2) is 0 Å². The van der Waals surface area contributed by atoms with Crippen molar-refractivity contribution in [2.75, 3.05) is 5.32 Å². The summed E-state index contributed by atoms with van der Waals surface area (Å²) >= 11 is 0. The Labute approximate surface area is 105 Å². The van der Waals surface area contributed by atoms with Gasteiger partial charge in [0.25, 0.3) is 0 Å². The Hall–Kier alpha value is -2.14. The van der Waals surface area contributed by atoms with E-state index in [0.717, 1.165) is 16.9 Å². The van der Waals surface area contributed by atoms with Crippen molar-refractivity contribution in [1.82, 2.24) is 9.97 Å². The van der Waals surface area contributed by atoms with Crippen molar-refractivity contribution in [2.45, 2.75) is 19.4 Å². The van der Waals surface area contributed by atoms with Gasteiger partial charge in [0, 0.05) is 24.0 Å². The third kappa shape index (κ3) is 3.18. The molecule has 0 unspecified atom stereocenters. The maximum absolute atomic E-state index is 11.9. The molecule has 0 aliphatic carbocycles. The van der Waals surface area contributed by atoms with Crippen LogP contribution in [-0.2, 0) is 11.2 Å². The summed E-state index contributed by atoms with van der Waals surface area (Å²) in [4.78, 5) is 18.7. The quantitative estimate of drug-likeness (QED) is 0.756. The molecule has 2 aromatic rings. The number of H-pyrrole nitrogens is 1. The van der Waals surface area contributed by atoms with Gasteiger partial charge in [-0.15, -0.1) is 0 Å². The normalized spacial score (nSPS) is 12.1. The molecular weight excluding hydrogens is 228 g/mol. The van der Waals surface area contributed by atoms with Crippen molar-refractivity contribution in [3.63, 3.8) is 0 Å². The molecule has 0 bridgehead atoms. The van der Waals surface area contributed by atoms with E-state index in [-0.39, 0.29) is 5.91 Å². The van der Waals surface area contributed by atoms with E-state index in [9.17, 15) is 4.79 Å². The summed E-state index contributed by atoms with van der Waals surface area (Å²) in [6.07, 6.45) is 3.68. The van der Waals surface area contributed by atoms with E-state index in [1.807, 2.05) is 31.2 Å². The number of aromatic amines is 1. The predicted molar refractivity (Wildman–Crippen MR) is 70.1 cm³/mol. The Morgan fingerprint density at radius 3 is 2.78 bits per heavy atom. The molecule has 1 heterocycles. The highest BCUT2D eigenvalue weighted by atomic mass is 16.2. The van der Waals surface area contributed by atoms with Crippen molar-refractivity contribution < 1.29 is 4.79 Å². The Bertz CT molecular complexity index is 504. The number of aromatic nitrogens is 2. The Morgan fingerprint density at radius 2 is 2.17 bits per heavy atom. The van der Waals surface area contributed by atoms with Crippen LogP contribution in [0.5, 0.6) is 0 Å². The molecule has 0 saturated carbocycles. The first kappa shape index (κ1) is 12.3. The summed E-state index contributed by atoms with van der Waals surface area (Å²) < 4.78 is 0. The summed E-state index contributed by atoms with van der Waals surface area (Å²) in [7, 11) is 0. The number of hydrogen-bond acceptors (Lipinski definition) is 3. The average Bonchev–Trinajstić information content (AvgIpc) is 2.85. The third-order valence-corrected chi connectivity index (χ3v) is 2.65. The lowest BCUT2D eigenvalue weighted by molar-refractivity contribution is -0.117. The summed E-state index contributed by atoms with van der Waals surface area (Å²) in [6, 6.07) is 7.00. The van der Waals surface area contributed by atoms with Crippen LogP contribution in [0.3, 0.4) is 0 Å². The van der Waals surface area contributed by atoms with E-state index in [0.29, 0.717) is 6.42 Å². The number of nitrogens with zero attached hydrogens (tertiary/aromatic N) is 1. The molecule has 2 rings (SSSR count). The number of anilines is 1. The maximum Gasteiger partial charge on any atom is 0.241 e. The van der Waals surface area contributed by atoms with Crippen molar-refractivity contribution in [3.8, 4) is 0 Å². The van der Waals surface area contributed by atoms with Gasteiger partial charge in [-0.05, 0) is 19.1 Å². The molecule has 1 aromatic carbocycles. The Balaban J connectivity index is 1.93. The van der Waals surface area contributed by atoms with Crippen LogP contribution in [0.4, 0.5) is 5.69 Å². The van der Waals surface area contributed by atoms with E-state index >= 15 is 0 Å². The van der Waals surface area contributed by atoms with Crippen LogP contribution in [0.15, 0.2) is 36.8 Å². The second-order valence-corrected chi connectivity index (χ2v) is 4.24. The van der Waals surface area contributed by atoms with Gasteiger partial charge >= 0.3 is 0 Å². The molecular formula is C13H16N4O. The molecule has 0 radical (unpaired) electrons. The van der Waals surface area contributed by atoms with Crippen molar-refractivity contribution >= 4 is 11.6 Å². The molecule has 0 aliphatic heterocycles. The van der Waals surface area contributed by atoms with Crippen LogP contribution in [0.1, 0.15) is 11.3 Å². The zero-order chi connectivity index (χ0) is 13.0. The summed E-state index contributed by atoms with van der Waals surface area (Å²) in [6.45, 7) is 2.00. The lowest BCUT2D eigenvalue weighted by atomic mass is 10.1. The number of nitrogens with one attached hydrogen (secondary N) is 2. The smallest absolute Gasteiger partial charge is 0.241 e. The standard InChI is InChI=1S/C13H16N4O/c1-9-2-4-10(5-3-9)17-13(18)12(14)6-11-7-15-8-16-11/h2-5,7-8,12H,6,14H2,1H3,(H,15,16)(H,17,18)/t12-/m0/s1. The third-order valence-electron chi connectivity index (χ3n) is 2.65. The van der Waals surface area contributed by atoms with Gasteiger partial charge in [-0.1, -0.05) is 17.7 Å². The summed E-state index contributed by atoms with van der Waals surface area (Å²) in [5.41, 5.74) is 8.58. The topological polar surface area (TPSA) is 83.8 Å². The highest BCUT2D eigenvalue weighted by molar-refractivity contribution is 5.94. The molecule has 18 heavy (non-hydrogen) atoms.